The number of anilines is 2. The molecule has 0 spiro atoms. The second-order valence-electron chi connectivity index (χ2n) is 27.6. The van der Waals surface area contributed by atoms with E-state index in [0.717, 1.165) is 61.1 Å². The molecule has 36 heteroatoms. The number of nitrogens with one attached hydrogen (secondary N) is 2. The van der Waals surface area contributed by atoms with E-state index >= 15 is 0 Å². The van der Waals surface area contributed by atoms with Crippen LogP contribution in [0.3, 0.4) is 0 Å². The first kappa shape index (κ1) is 83.9. The van der Waals surface area contributed by atoms with Crippen LogP contribution >= 0.6 is 11.6 Å². The molecule has 106 heavy (non-hydrogen) atoms. The van der Waals surface area contributed by atoms with Crippen molar-refractivity contribution in [2.75, 3.05) is 10.6 Å². The fraction of sp³-hybridized carbons (Fsp3) is 0.314. The molecule has 26 nitrogen and oxygen atoms in total. The van der Waals surface area contributed by atoms with Gasteiger partial charge in [0.05, 0.1) is 68.4 Å². The van der Waals surface area contributed by atoms with Crippen LogP contribution in [-0.2, 0) is 59.2 Å². The lowest BCUT2D eigenvalue weighted by Crippen LogP contribution is -2.41. The molecule has 1 saturated heterocycles. The first-order chi connectivity index (χ1) is 48.9. The van der Waals surface area contributed by atoms with Gasteiger partial charge in [-0.25, -0.2) is 67.3 Å². The van der Waals surface area contributed by atoms with Crippen molar-refractivity contribution in [2.45, 2.75) is 153 Å². The molecule has 1 fully saturated rings. The summed E-state index contributed by atoms with van der Waals surface area (Å²) in [5.74, 6) is -5.27. The van der Waals surface area contributed by atoms with Crippen LogP contribution < -0.4 is 16.1 Å². The van der Waals surface area contributed by atoms with Gasteiger partial charge in [-0.2, -0.15) is 21.8 Å². The van der Waals surface area contributed by atoms with Gasteiger partial charge in [-0.3, -0.25) is 18.7 Å². The third-order valence-electron chi connectivity index (χ3n) is 16.7. The smallest absolute Gasteiger partial charge is 0.481 e. The molecule has 6 aromatic heterocycles. The van der Waals surface area contributed by atoms with Crippen molar-refractivity contribution in [3.8, 4) is 11.4 Å². The summed E-state index contributed by atoms with van der Waals surface area (Å²) >= 11 is 5.58. The predicted molar refractivity (Wildman–Crippen MR) is 391 cm³/mol. The van der Waals surface area contributed by atoms with E-state index in [2.05, 4.69) is 40.5 Å². The maximum absolute atomic E-state index is 14.7. The zero-order valence-corrected chi connectivity index (χ0v) is 63.8. The first-order valence-corrected chi connectivity index (χ1v) is 38.1. The minimum absolute atomic E-state index is 0.00301. The molecule has 0 radical (unpaired) electrons. The Morgan fingerprint density at radius 3 is 1.23 bits per heavy atom. The molecule has 4 aromatic carbocycles. The maximum Gasteiger partial charge on any atom is 0.497 e. The van der Waals surface area contributed by atoms with Crippen LogP contribution in [0.1, 0.15) is 104 Å². The first-order valence-electron chi connectivity index (χ1n) is 32.0. The largest absolute Gasteiger partial charge is 0.497 e. The second kappa shape index (κ2) is 32.8. The average Bonchev–Trinajstić information content (AvgIpc) is 1.59. The molecule has 7 heterocycles. The van der Waals surface area contributed by atoms with E-state index in [0.29, 0.717) is 10.8 Å². The summed E-state index contributed by atoms with van der Waals surface area (Å²) in [7, 11) is -17.0. The fourth-order valence-corrected chi connectivity index (χ4v) is 13.5. The summed E-state index contributed by atoms with van der Waals surface area (Å²) in [4.78, 5) is 45.6. The van der Waals surface area contributed by atoms with E-state index in [1.807, 2.05) is 76.2 Å². The van der Waals surface area contributed by atoms with Gasteiger partial charge < -0.3 is 30.2 Å². The lowest BCUT2D eigenvalue weighted by Gasteiger charge is -2.32. The number of nitrogens with zero attached hydrogens (tertiary/aromatic N) is 8. The van der Waals surface area contributed by atoms with Crippen molar-refractivity contribution in [2.24, 2.45) is 10.8 Å². The number of hydrogen-bond donors (Lipinski definition) is 6. The molecule has 1 aliphatic rings. The molecule has 10 aromatic rings. The Labute approximate surface area is 616 Å². The van der Waals surface area contributed by atoms with E-state index in [1.165, 1.54) is 67.0 Å². The quantitative estimate of drug-likeness (QED) is 0.0226. The highest BCUT2D eigenvalue weighted by atomic mass is 35.5. The van der Waals surface area contributed by atoms with Gasteiger partial charge in [0.1, 0.15) is 11.6 Å². The summed E-state index contributed by atoms with van der Waals surface area (Å²) in [6, 6.07) is 25.9. The number of hydrogen-bond acceptors (Lipinski definition) is 20. The maximum atomic E-state index is 14.7. The van der Waals surface area contributed by atoms with Crippen LogP contribution in [0.15, 0.2) is 166 Å². The topological polar surface area (TPSA) is 381 Å². The zero-order chi connectivity index (χ0) is 79.2. The molecule has 0 unspecified atom stereocenters. The Kier molecular flexibility index (Phi) is 26.0. The van der Waals surface area contributed by atoms with Crippen LogP contribution in [0.2, 0.25) is 5.28 Å². The molecular weight excluding hydrogens is 1490 g/mol. The molecule has 11 rings (SSSR count). The number of aryl methyl sites for hydroxylation is 4. The van der Waals surface area contributed by atoms with Gasteiger partial charge in [0, 0.05) is 46.3 Å². The van der Waals surface area contributed by atoms with Crippen LogP contribution in [0.25, 0.3) is 33.5 Å². The van der Waals surface area contributed by atoms with Crippen molar-refractivity contribution in [1.29, 1.82) is 0 Å². The number of rotatable bonds is 16. The highest BCUT2D eigenvalue weighted by Crippen LogP contribution is 2.38. The monoisotopic (exact) mass is 1560 g/mol. The second-order valence-corrected chi connectivity index (χ2v) is 34.4. The number of halogens is 5. The van der Waals surface area contributed by atoms with E-state index in [9.17, 15) is 65.9 Å². The minimum Gasteiger partial charge on any atom is -0.481 e. The molecule has 0 bridgehead atoms. The van der Waals surface area contributed by atoms with Crippen LogP contribution in [-0.4, -0.2) is 133 Å². The summed E-state index contributed by atoms with van der Waals surface area (Å²) in [6.07, 6.45) is 5.89. The number of fused-ring (bicyclic) bond motifs is 2. The lowest BCUT2D eigenvalue weighted by atomic mass is 9.79. The highest BCUT2D eigenvalue weighted by Gasteiger charge is 2.53. The van der Waals surface area contributed by atoms with Gasteiger partial charge in [0.2, 0.25) is 5.28 Å². The van der Waals surface area contributed by atoms with Crippen molar-refractivity contribution in [3.63, 3.8) is 0 Å². The number of carboxylic acid groups (broad SMARTS) is 2. The summed E-state index contributed by atoms with van der Waals surface area (Å²) in [6.45, 7) is 25.9. The molecule has 2 atom stereocenters. The molecule has 0 aliphatic carbocycles. The van der Waals surface area contributed by atoms with Crippen LogP contribution in [0.4, 0.5) is 29.2 Å². The molecule has 0 saturated carbocycles. The standard InChI is InChI=1S/C25H25F2N5O4S.C20H22BFN2O4S.C11H15ClFN3O2.2C7H8O3S/c1-14-5-7-16(8-6-14)37(35,36)32-13-18(17-9-15(26)11-29-24(17)32)22-28-12-19(27)23(31-22)30-20(10-21(33)34)25(2,3)4;1-13-6-8-15(9-7-13)29(25,26)24-12-17(16-10-14(22)11-23-18(16)24)21-27-19(2,3)20(4,5)28-21;1-11(2,3)7(4-8(17)18)15-9-6(13)5-14-10(12)16-9;2*1-6-2-4-7(5-3-6)11(8,9)10/h5-9,11-13,20H,10H2,1-4H3,(H,33,34)(H,28,30,31);6-12H,1-5H3;5,7H,4H2,1-3H3,(H,17,18)(H,14,15,16);2*2-5H,1H3,(H,8,9,10)/t20-;;7-;;/m1.1../s1. The van der Waals surface area contributed by atoms with Gasteiger partial charge in [0.15, 0.2) is 40.4 Å². The third kappa shape index (κ3) is 21.3. The van der Waals surface area contributed by atoms with E-state index < -0.39 is 111 Å². The Morgan fingerprint density at radius 2 is 0.858 bits per heavy atom. The fourth-order valence-electron chi connectivity index (χ4n) is 9.77. The van der Waals surface area contributed by atoms with Crippen LogP contribution in [0.5, 0.6) is 0 Å². The summed E-state index contributed by atoms with van der Waals surface area (Å²) in [5, 5.41) is 24.1. The SMILES string of the molecule is CC(C)(C)[C@@H](CC(=O)O)Nc1nc(Cl)ncc1F.Cc1ccc(S(=O)(=O)O)cc1.Cc1ccc(S(=O)(=O)O)cc1.Cc1ccc(S(=O)(=O)n2cc(-c3ncc(F)c(N[C@H](CC(=O)O)C(C)(C)C)n3)c3cc(F)cnc32)cc1.Cc1ccc(S(=O)(=O)n2cc(B3OC(C)(C)C(C)(C)O3)c3cc(F)cnc32)cc1. The third-order valence-corrected chi connectivity index (χ3v) is 21.9. The van der Waals surface area contributed by atoms with Gasteiger partial charge in [0.25, 0.3) is 40.3 Å². The van der Waals surface area contributed by atoms with E-state index in [1.54, 1.807) is 69.3 Å². The summed E-state index contributed by atoms with van der Waals surface area (Å²) in [5.41, 5.74) is 2.12. The van der Waals surface area contributed by atoms with Gasteiger partial charge in [-0.1, -0.05) is 112 Å². The minimum atomic E-state index is -4.13. The van der Waals surface area contributed by atoms with Crippen molar-refractivity contribution in [1.82, 2.24) is 37.8 Å². The normalized spacial score (nSPS) is 14.2. The number of benzene rings is 4. The Balaban J connectivity index is 0.000000200. The van der Waals surface area contributed by atoms with Gasteiger partial charge in [-0.15, -0.1) is 0 Å². The number of carbonyl (C=O) groups is 2. The van der Waals surface area contributed by atoms with E-state index in [-0.39, 0.29) is 82.8 Å². The lowest BCUT2D eigenvalue weighted by molar-refractivity contribution is -0.138. The van der Waals surface area contributed by atoms with Crippen molar-refractivity contribution in [3.05, 3.63) is 197 Å². The molecular formula is C70H78BClF4N10O16S4. The summed E-state index contributed by atoms with van der Waals surface area (Å²) < 4.78 is 183. The van der Waals surface area contributed by atoms with Crippen LogP contribution in [0, 0.1) is 61.8 Å². The predicted octanol–water partition coefficient (Wildman–Crippen LogP) is 12.7. The zero-order valence-electron chi connectivity index (χ0n) is 59.8. The Bertz CT molecular complexity index is 5260. The number of carboxylic acids is 2. The Hall–Kier alpha value is -9.33. The molecule has 0 amide bonds. The van der Waals surface area contributed by atoms with E-state index in [4.69, 9.17) is 35.1 Å². The van der Waals surface area contributed by atoms with Crippen molar-refractivity contribution < 1.29 is 89.4 Å². The number of pyridine rings is 2. The molecule has 1 aliphatic heterocycles. The molecule has 566 valence electrons. The average molecular weight is 1570 g/mol. The molecule has 6 N–H and O–H groups in total. The van der Waals surface area contributed by atoms with Crippen molar-refractivity contribution >= 4 is 110 Å². The highest BCUT2D eigenvalue weighted by molar-refractivity contribution is 7.90. The Morgan fingerprint density at radius 1 is 0.519 bits per heavy atom. The van der Waals surface area contributed by atoms with Gasteiger partial charge in [-0.05, 0) is 138 Å². The van der Waals surface area contributed by atoms with Gasteiger partial charge >= 0.3 is 19.1 Å². The number of aromatic nitrogens is 8. The number of aliphatic carboxylic acids is 2.